The van der Waals surface area contributed by atoms with Gasteiger partial charge in [-0.25, -0.2) is 0 Å². The molecule has 0 unspecified atom stereocenters. The molecule has 0 spiro atoms. The molecule has 2 rings (SSSR count). The first kappa shape index (κ1) is 17.7. The van der Waals surface area contributed by atoms with Crippen LogP contribution < -0.4 is 10.2 Å². The highest BCUT2D eigenvalue weighted by atomic mass is 16.2. The summed E-state index contributed by atoms with van der Waals surface area (Å²) in [5, 5.41) is 2.89. The number of carbonyl (C=O) groups is 2. The summed E-state index contributed by atoms with van der Waals surface area (Å²) in [6, 6.07) is 18.9. The largest absolute Gasteiger partial charge is 0.356 e. The second kappa shape index (κ2) is 9.50. The standard InChI is InChI=1S/C20H24N2O2/c1-2-10-19(23)21-15-9-16-22(18-13-7-4-8-14-18)20(24)17-11-5-3-6-12-17/h3-8,11-14H,2,9-10,15-16H2,1H3,(H,21,23). The average molecular weight is 324 g/mol. The first-order valence-electron chi connectivity index (χ1n) is 8.41. The smallest absolute Gasteiger partial charge is 0.258 e. The molecule has 2 aromatic rings. The summed E-state index contributed by atoms with van der Waals surface area (Å²) in [5.74, 6) is 0.0415. The minimum atomic E-state index is -0.0262. The summed E-state index contributed by atoms with van der Waals surface area (Å²) in [5.41, 5.74) is 1.53. The van der Waals surface area contributed by atoms with Gasteiger partial charge in [-0.3, -0.25) is 9.59 Å². The van der Waals surface area contributed by atoms with Crippen LogP contribution in [0, 0.1) is 0 Å². The van der Waals surface area contributed by atoms with E-state index in [0.29, 0.717) is 31.5 Å². The van der Waals surface area contributed by atoms with Crippen LogP contribution in [0.3, 0.4) is 0 Å². The van der Waals surface area contributed by atoms with E-state index in [0.717, 1.165) is 12.1 Å². The first-order chi connectivity index (χ1) is 11.7. The van der Waals surface area contributed by atoms with E-state index < -0.39 is 0 Å². The Kier molecular flexibility index (Phi) is 7.02. The van der Waals surface area contributed by atoms with Crippen LogP contribution >= 0.6 is 0 Å². The summed E-state index contributed by atoms with van der Waals surface area (Å²) >= 11 is 0. The summed E-state index contributed by atoms with van der Waals surface area (Å²) in [6.07, 6.45) is 2.10. The third kappa shape index (κ3) is 5.23. The Hall–Kier alpha value is -2.62. The van der Waals surface area contributed by atoms with Crippen molar-refractivity contribution in [3.63, 3.8) is 0 Å². The van der Waals surface area contributed by atoms with Crippen molar-refractivity contribution in [2.45, 2.75) is 26.2 Å². The quantitative estimate of drug-likeness (QED) is 0.754. The Morgan fingerprint density at radius 3 is 2.21 bits per heavy atom. The number of nitrogens with zero attached hydrogens (tertiary/aromatic N) is 1. The number of benzene rings is 2. The number of para-hydroxylation sites is 1. The first-order valence-corrected chi connectivity index (χ1v) is 8.41. The Morgan fingerprint density at radius 2 is 1.58 bits per heavy atom. The van der Waals surface area contributed by atoms with Gasteiger partial charge < -0.3 is 10.2 Å². The van der Waals surface area contributed by atoms with Crippen molar-refractivity contribution in [1.29, 1.82) is 0 Å². The van der Waals surface area contributed by atoms with E-state index in [4.69, 9.17) is 0 Å². The van der Waals surface area contributed by atoms with Crippen LogP contribution in [-0.2, 0) is 4.79 Å². The van der Waals surface area contributed by atoms with Crippen LogP contribution in [0.25, 0.3) is 0 Å². The van der Waals surface area contributed by atoms with Gasteiger partial charge in [-0.15, -0.1) is 0 Å². The number of hydrogen-bond donors (Lipinski definition) is 1. The fourth-order valence-corrected chi connectivity index (χ4v) is 2.47. The van der Waals surface area contributed by atoms with Gasteiger partial charge in [0, 0.05) is 30.8 Å². The lowest BCUT2D eigenvalue weighted by Crippen LogP contribution is -2.34. The zero-order valence-electron chi connectivity index (χ0n) is 14.1. The van der Waals surface area contributed by atoms with E-state index in [1.54, 1.807) is 4.90 Å². The summed E-state index contributed by atoms with van der Waals surface area (Å²) in [4.78, 5) is 26.1. The van der Waals surface area contributed by atoms with E-state index in [1.165, 1.54) is 0 Å². The zero-order chi connectivity index (χ0) is 17.2. The molecular weight excluding hydrogens is 300 g/mol. The molecule has 4 nitrogen and oxygen atoms in total. The molecule has 0 saturated carbocycles. The molecule has 0 bridgehead atoms. The number of anilines is 1. The minimum Gasteiger partial charge on any atom is -0.356 e. The van der Waals surface area contributed by atoms with Gasteiger partial charge in [0.25, 0.3) is 5.91 Å². The van der Waals surface area contributed by atoms with Gasteiger partial charge in [-0.2, -0.15) is 0 Å². The fraction of sp³-hybridized carbons (Fsp3) is 0.300. The molecule has 0 atom stereocenters. The molecule has 1 N–H and O–H groups in total. The lowest BCUT2D eigenvalue weighted by atomic mass is 10.1. The number of rotatable bonds is 8. The van der Waals surface area contributed by atoms with Crippen LogP contribution in [0.2, 0.25) is 0 Å². The fourth-order valence-electron chi connectivity index (χ4n) is 2.47. The normalized spacial score (nSPS) is 10.2. The Morgan fingerprint density at radius 1 is 0.958 bits per heavy atom. The Labute approximate surface area is 143 Å². The van der Waals surface area contributed by atoms with Crippen LogP contribution in [0.1, 0.15) is 36.5 Å². The molecule has 0 aromatic heterocycles. The second-order valence-corrected chi connectivity index (χ2v) is 5.61. The van der Waals surface area contributed by atoms with E-state index in [2.05, 4.69) is 5.32 Å². The van der Waals surface area contributed by atoms with Gasteiger partial charge in [0.05, 0.1) is 0 Å². The van der Waals surface area contributed by atoms with Crippen LogP contribution in [-0.4, -0.2) is 24.9 Å². The molecule has 0 aliphatic rings. The maximum absolute atomic E-state index is 12.8. The summed E-state index contributed by atoms with van der Waals surface area (Å²) in [6.45, 7) is 3.11. The van der Waals surface area contributed by atoms with Gasteiger partial charge >= 0.3 is 0 Å². The van der Waals surface area contributed by atoms with E-state index in [-0.39, 0.29) is 11.8 Å². The van der Waals surface area contributed by atoms with Crippen LogP contribution in [0.4, 0.5) is 5.69 Å². The maximum atomic E-state index is 12.8. The van der Waals surface area contributed by atoms with Gasteiger partial charge in [-0.1, -0.05) is 43.3 Å². The Bertz CT molecular complexity index is 641. The predicted molar refractivity (Wildman–Crippen MR) is 97.1 cm³/mol. The van der Waals surface area contributed by atoms with Crippen molar-refractivity contribution in [3.8, 4) is 0 Å². The lowest BCUT2D eigenvalue weighted by Gasteiger charge is -2.23. The predicted octanol–water partition coefficient (Wildman–Crippen LogP) is 3.64. The highest BCUT2D eigenvalue weighted by Gasteiger charge is 2.16. The lowest BCUT2D eigenvalue weighted by molar-refractivity contribution is -0.121. The number of hydrogen-bond acceptors (Lipinski definition) is 2. The van der Waals surface area contributed by atoms with Gasteiger partial charge in [0.1, 0.15) is 0 Å². The summed E-state index contributed by atoms with van der Waals surface area (Å²) in [7, 11) is 0. The molecule has 0 saturated heterocycles. The average Bonchev–Trinajstić information content (AvgIpc) is 2.63. The van der Waals surface area contributed by atoms with Crippen molar-refractivity contribution in [1.82, 2.24) is 5.32 Å². The monoisotopic (exact) mass is 324 g/mol. The van der Waals surface area contributed by atoms with Crippen molar-refractivity contribution in [2.24, 2.45) is 0 Å². The van der Waals surface area contributed by atoms with E-state index in [1.807, 2.05) is 67.6 Å². The van der Waals surface area contributed by atoms with Crippen molar-refractivity contribution in [3.05, 3.63) is 66.2 Å². The highest BCUT2D eigenvalue weighted by molar-refractivity contribution is 6.06. The number of amides is 2. The number of nitrogens with one attached hydrogen (secondary N) is 1. The number of carbonyl (C=O) groups excluding carboxylic acids is 2. The molecule has 24 heavy (non-hydrogen) atoms. The molecule has 0 radical (unpaired) electrons. The Balaban J connectivity index is 2.02. The molecular formula is C20H24N2O2. The second-order valence-electron chi connectivity index (χ2n) is 5.61. The third-order valence-corrected chi connectivity index (χ3v) is 3.69. The van der Waals surface area contributed by atoms with Gasteiger partial charge in [0.15, 0.2) is 0 Å². The molecule has 2 amide bonds. The van der Waals surface area contributed by atoms with Crippen LogP contribution in [0.5, 0.6) is 0 Å². The summed E-state index contributed by atoms with van der Waals surface area (Å²) < 4.78 is 0. The van der Waals surface area contributed by atoms with Gasteiger partial charge in [0.2, 0.25) is 5.91 Å². The molecule has 0 heterocycles. The minimum absolute atomic E-state index is 0.0262. The van der Waals surface area contributed by atoms with Crippen molar-refractivity contribution >= 4 is 17.5 Å². The molecule has 0 fully saturated rings. The molecule has 0 aliphatic carbocycles. The van der Waals surface area contributed by atoms with E-state index in [9.17, 15) is 9.59 Å². The van der Waals surface area contributed by atoms with Crippen LogP contribution in [0.15, 0.2) is 60.7 Å². The zero-order valence-corrected chi connectivity index (χ0v) is 14.1. The van der Waals surface area contributed by atoms with Crippen molar-refractivity contribution in [2.75, 3.05) is 18.0 Å². The maximum Gasteiger partial charge on any atom is 0.258 e. The van der Waals surface area contributed by atoms with Crippen molar-refractivity contribution < 1.29 is 9.59 Å². The SMILES string of the molecule is CCCC(=O)NCCCN(C(=O)c1ccccc1)c1ccccc1. The van der Waals surface area contributed by atoms with Gasteiger partial charge in [-0.05, 0) is 37.1 Å². The molecule has 0 aliphatic heterocycles. The highest BCUT2D eigenvalue weighted by Crippen LogP contribution is 2.17. The topological polar surface area (TPSA) is 49.4 Å². The molecule has 4 heteroatoms. The third-order valence-electron chi connectivity index (χ3n) is 3.69. The molecule has 126 valence electrons. The van der Waals surface area contributed by atoms with E-state index >= 15 is 0 Å². The molecule has 2 aromatic carbocycles.